The molecule has 4 rings (SSSR count). The average molecular weight is 374 g/mol. The number of nitrogens with zero attached hydrogens (tertiary/aromatic N) is 2. The minimum absolute atomic E-state index is 0.242. The van der Waals surface area contributed by atoms with Crippen molar-refractivity contribution in [3.8, 4) is 17.1 Å². The van der Waals surface area contributed by atoms with E-state index in [4.69, 9.17) is 9.72 Å². The van der Waals surface area contributed by atoms with E-state index in [-0.39, 0.29) is 5.82 Å². The zero-order valence-corrected chi connectivity index (χ0v) is 16.2. The van der Waals surface area contributed by atoms with Crippen molar-refractivity contribution in [3.63, 3.8) is 0 Å². The van der Waals surface area contributed by atoms with Crippen molar-refractivity contribution < 1.29 is 9.13 Å². The van der Waals surface area contributed by atoms with Crippen molar-refractivity contribution in [1.29, 1.82) is 0 Å². The Hall–Kier alpha value is -3.14. The lowest BCUT2D eigenvalue weighted by molar-refractivity contribution is 0.301. The van der Waals surface area contributed by atoms with Crippen LogP contribution in [0, 0.1) is 19.7 Å². The molecule has 0 aliphatic heterocycles. The Labute approximate surface area is 164 Å². The van der Waals surface area contributed by atoms with Gasteiger partial charge in [0.05, 0.1) is 17.6 Å². The van der Waals surface area contributed by atoms with E-state index in [1.54, 1.807) is 12.1 Å². The van der Waals surface area contributed by atoms with Crippen LogP contribution in [0.5, 0.6) is 5.75 Å². The zero-order chi connectivity index (χ0) is 19.5. The van der Waals surface area contributed by atoms with E-state index >= 15 is 0 Å². The van der Waals surface area contributed by atoms with Crippen molar-refractivity contribution in [1.82, 2.24) is 9.55 Å². The molecule has 0 aliphatic carbocycles. The standard InChI is InChI=1S/C24H23FN2O/c1-17-7-5-10-23(18(17)2)28-16-6-15-27-22-9-4-3-8-21(22)26-24(27)19-11-13-20(25)14-12-19/h3-5,7-14H,6,15-16H2,1-2H3. The maximum absolute atomic E-state index is 13.3. The first-order chi connectivity index (χ1) is 13.6. The van der Waals surface area contributed by atoms with Gasteiger partial charge in [-0.3, -0.25) is 0 Å². The van der Waals surface area contributed by atoms with Crippen molar-refractivity contribution in [2.45, 2.75) is 26.8 Å². The summed E-state index contributed by atoms with van der Waals surface area (Å²) in [5, 5.41) is 0. The van der Waals surface area contributed by atoms with Gasteiger partial charge in [-0.05, 0) is 73.9 Å². The lowest BCUT2D eigenvalue weighted by atomic mass is 10.1. The molecule has 3 aromatic carbocycles. The van der Waals surface area contributed by atoms with Gasteiger partial charge >= 0.3 is 0 Å². The topological polar surface area (TPSA) is 27.1 Å². The van der Waals surface area contributed by atoms with Crippen molar-refractivity contribution in [3.05, 3.63) is 83.7 Å². The predicted octanol–water partition coefficient (Wildman–Crippen LogP) is 5.93. The molecule has 3 nitrogen and oxygen atoms in total. The SMILES string of the molecule is Cc1cccc(OCCCn2c(-c3ccc(F)cc3)nc3ccccc32)c1C. The quantitative estimate of drug-likeness (QED) is 0.391. The number of ether oxygens (including phenoxy) is 1. The fraction of sp³-hybridized carbons (Fsp3) is 0.208. The molecule has 0 spiro atoms. The Bertz CT molecular complexity index is 1100. The van der Waals surface area contributed by atoms with E-state index in [0.29, 0.717) is 6.61 Å². The number of aromatic nitrogens is 2. The molecule has 28 heavy (non-hydrogen) atoms. The molecule has 0 radical (unpaired) electrons. The molecular formula is C24H23FN2O. The molecule has 0 unspecified atom stereocenters. The Morgan fingerprint density at radius 3 is 2.54 bits per heavy atom. The van der Waals surface area contributed by atoms with Gasteiger partial charge in [0, 0.05) is 12.1 Å². The molecule has 0 aliphatic rings. The van der Waals surface area contributed by atoms with Gasteiger partial charge in [-0.2, -0.15) is 0 Å². The third-order valence-corrected chi connectivity index (χ3v) is 5.10. The lowest BCUT2D eigenvalue weighted by Crippen LogP contribution is -2.07. The number of fused-ring (bicyclic) bond motifs is 1. The Balaban J connectivity index is 1.55. The number of imidazole rings is 1. The molecule has 4 heteroatoms. The minimum atomic E-state index is -0.242. The highest BCUT2D eigenvalue weighted by Gasteiger charge is 2.12. The number of hydrogen-bond donors (Lipinski definition) is 0. The number of para-hydroxylation sites is 2. The summed E-state index contributed by atoms with van der Waals surface area (Å²) in [6.07, 6.45) is 0.849. The van der Waals surface area contributed by atoms with E-state index in [2.05, 4.69) is 30.5 Å². The largest absolute Gasteiger partial charge is 0.493 e. The van der Waals surface area contributed by atoms with Gasteiger partial charge in [0.1, 0.15) is 17.4 Å². The van der Waals surface area contributed by atoms with Crippen LogP contribution < -0.4 is 4.74 Å². The molecule has 0 bridgehead atoms. The van der Waals surface area contributed by atoms with E-state index in [9.17, 15) is 4.39 Å². The molecule has 0 N–H and O–H groups in total. The number of hydrogen-bond acceptors (Lipinski definition) is 2. The van der Waals surface area contributed by atoms with Gasteiger partial charge < -0.3 is 9.30 Å². The number of benzene rings is 3. The van der Waals surface area contributed by atoms with Crippen LogP contribution in [0.4, 0.5) is 4.39 Å². The average Bonchev–Trinajstić information content (AvgIpc) is 3.07. The minimum Gasteiger partial charge on any atom is -0.493 e. The van der Waals surface area contributed by atoms with Crippen LogP contribution in [0.25, 0.3) is 22.4 Å². The van der Waals surface area contributed by atoms with Gasteiger partial charge in [-0.25, -0.2) is 9.37 Å². The third-order valence-electron chi connectivity index (χ3n) is 5.10. The molecule has 1 aromatic heterocycles. The molecule has 0 amide bonds. The summed E-state index contributed by atoms with van der Waals surface area (Å²) in [4.78, 5) is 4.77. The molecule has 0 saturated carbocycles. The molecular weight excluding hydrogens is 351 g/mol. The van der Waals surface area contributed by atoms with Crippen molar-refractivity contribution in [2.24, 2.45) is 0 Å². The molecule has 4 aromatic rings. The summed E-state index contributed by atoms with van der Waals surface area (Å²) >= 11 is 0. The number of halogens is 1. The summed E-state index contributed by atoms with van der Waals surface area (Å²) in [5.74, 6) is 1.55. The molecule has 0 atom stereocenters. The van der Waals surface area contributed by atoms with Gasteiger partial charge in [0.15, 0.2) is 0 Å². The Kier molecular flexibility index (Phi) is 5.11. The highest BCUT2D eigenvalue weighted by molar-refractivity contribution is 5.80. The van der Waals surface area contributed by atoms with Crippen LogP contribution in [0.2, 0.25) is 0 Å². The Morgan fingerprint density at radius 1 is 0.929 bits per heavy atom. The Morgan fingerprint density at radius 2 is 1.71 bits per heavy atom. The van der Waals surface area contributed by atoms with E-state index in [0.717, 1.165) is 41.1 Å². The van der Waals surface area contributed by atoms with Gasteiger partial charge in [-0.1, -0.05) is 24.3 Å². The molecule has 0 saturated heterocycles. The molecule has 1 heterocycles. The highest BCUT2D eigenvalue weighted by Crippen LogP contribution is 2.26. The molecule has 0 fully saturated rings. The van der Waals surface area contributed by atoms with Crippen LogP contribution in [-0.2, 0) is 6.54 Å². The van der Waals surface area contributed by atoms with E-state index in [1.807, 2.05) is 30.3 Å². The second-order valence-corrected chi connectivity index (χ2v) is 6.98. The summed E-state index contributed by atoms with van der Waals surface area (Å²) in [7, 11) is 0. The molecule has 142 valence electrons. The maximum Gasteiger partial charge on any atom is 0.141 e. The lowest BCUT2D eigenvalue weighted by Gasteiger charge is -2.12. The predicted molar refractivity (Wildman–Crippen MR) is 111 cm³/mol. The van der Waals surface area contributed by atoms with E-state index in [1.165, 1.54) is 23.3 Å². The van der Waals surface area contributed by atoms with Crippen LogP contribution in [0.15, 0.2) is 66.7 Å². The zero-order valence-electron chi connectivity index (χ0n) is 16.2. The van der Waals surface area contributed by atoms with Gasteiger partial charge in [-0.15, -0.1) is 0 Å². The first kappa shape index (κ1) is 18.2. The fourth-order valence-corrected chi connectivity index (χ4v) is 3.41. The summed E-state index contributed by atoms with van der Waals surface area (Å²) in [6, 6.07) is 20.7. The number of rotatable bonds is 6. The van der Waals surface area contributed by atoms with Crippen LogP contribution in [0.3, 0.4) is 0 Å². The van der Waals surface area contributed by atoms with Crippen molar-refractivity contribution >= 4 is 11.0 Å². The highest BCUT2D eigenvalue weighted by atomic mass is 19.1. The third kappa shape index (κ3) is 3.63. The smallest absolute Gasteiger partial charge is 0.141 e. The van der Waals surface area contributed by atoms with E-state index < -0.39 is 0 Å². The van der Waals surface area contributed by atoms with Crippen LogP contribution in [0.1, 0.15) is 17.5 Å². The van der Waals surface area contributed by atoms with Gasteiger partial charge in [0.25, 0.3) is 0 Å². The second-order valence-electron chi connectivity index (χ2n) is 6.98. The first-order valence-electron chi connectivity index (χ1n) is 9.54. The monoisotopic (exact) mass is 374 g/mol. The van der Waals surface area contributed by atoms with Crippen molar-refractivity contribution in [2.75, 3.05) is 6.61 Å². The van der Waals surface area contributed by atoms with Crippen LogP contribution in [-0.4, -0.2) is 16.2 Å². The van der Waals surface area contributed by atoms with Crippen LogP contribution >= 0.6 is 0 Å². The summed E-state index contributed by atoms with van der Waals surface area (Å²) in [5.41, 5.74) is 5.35. The second kappa shape index (κ2) is 7.85. The normalized spacial score (nSPS) is 11.1. The fourth-order valence-electron chi connectivity index (χ4n) is 3.41. The summed E-state index contributed by atoms with van der Waals surface area (Å²) < 4.78 is 21.5. The summed E-state index contributed by atoms with van der Waals surface area (Å²) in [6.45, 7) is 5.58. The number of aryl methyl sites for hydroxylation is 2. The first-order valence-corrected chi connectivity index (χ1v) is 9.54. The maximum atomic E-state index is 13.3. The van der Waals surface area contributed by atoms with Gasteiger partial charge in [0.2, 0.25) is 0 Å².